The third-order valence-electron chi connectivity index (χ3n) is 3.65. The highest BCUT2D eigenvalue weighted by Crippen LogP contribution is 2.26. The lowest BCUT2D eigenvalue weighted by Gasteiger charge is -2.21. The average molecular weight is 299 g/mol. The third kappa shape index (κ3) is 3.96. The van der Waals surface area contributed by atoms with Crippen LogP contribution < -0.4 is 5.32 Å². The van der Waals surface area contributed by atoms with Gasteiger partial charge in [0.25, 0.3) is 0 Å². The molecule has 1 aliphatic rings. The second kappa shape index (κ2) is 8.00. The summed E-state index contributed by atoms with van der Waals surface area (Å²) in [6.07, 6.45) is 2.17. The largest absolute Gasteiger partial charge is 0.368 e. The van der Waals surface area contributed by atoms with Gasteiger partial charge in [-0.15, -0.1) is 0 Å². The zero-order valence-electron chi connectivity index (χ0n) is 12.6. The van der Waals surface area contributed by atoms with Crippen LogP contribution in [0.25, 0.3) is 0 Å². The first-order valence-corrected chi connectivity index (χ1v) is 8.67. The summed E-state index contributed by atoms with van der Waals surface area (Å²) in [6, 6.07) is 0.380. The summed E-state index contributed by atoms with van der Waals surface area (Å²) in [4.78, 5) is 4.55. The summed E-state index contributed by atoms with van der Waals surface area (Å²) in [7, 11) is 0. The number of hydrogen-bond acceptors (Lipinski definition) is 6. The van der Waals surface area contributed by atoms with Crippen LogP contribution in [0.5, 0.6) is 0 Å². The van der Waals surface area contributed by atoms with Crippen LogP contribution in [-0.4, -0.2) is 40.8 Å². The minimum absolute atomic E-state index is 0.0119. The highest BCUT2D eigenvalue weighted by Gasteiger charge is 2.26. The molecule has 0 amide bonds. The monoisotopic (exact) mass is 299 g/mol. The van der Waals surface area contributed by atoms with Gasteiger partial charge in [0.15, 0.2) is 0 Å². The summed E-state index contributed by atoms with van der Waals surface area (Å²) in [6.45, 7) is 8.29. The minimum Gasteiger partial charge on any atom is -0.368 e. The Balaban J connectivity index is 1.98. The Morgan fingerprint density at radius 2 is 2.30 bits per heavy atom. The predicted molar refractivity (Wildman–Crippen MR) is 81.1 cm³/mol. The molecule has 2 heterocycles. The summed E-state index contributed by atoms with van der Waals surface area (Å²) < 4.78 is 11.1. The molecule has 2 rings (SSSR count). The normalized spacial score (nSPS) is 22.6. The fraction of sp³-hybridized carbons (Fsp3) is 0.857. The van der Waals surface area contributed by atoms with E-state index >= 15 is 0 Å². The first-order chi connectivity index (χ1) is 9.76. The SMILES string of the molecule is CCCNC(CC)C(C)c1nc(C2CSCCO2)no1. The summed E-state index contributed by atoms with van der Waals surface area (Å²) >= 11 is 1.88. The molecule has 1 saturated heterocycles. The first kappa shape index (κ1) is 15.8. The van der Waals surface area contributed by atoms with Crippen molar-refractivity contribution in [3.63, 3.8) is 0 Å². The van der Waals surface area contributed by atoms with Gasteiger partial charge < -0.3 is 14.6 Å². The second-order valence-corrected chi connectivity index (χ2v) is 6.33. The molecule has 114 valence electrons. The van der Waals surface area contributed by atoms with Crippen molar-refractivity contribution >= 4 is 11.8 Å². The van der Waals surface area contributed by atoms with Gasteiger partial charge in [0.1, 0.15) is 6.10 Å². The van der Waals surface area contributed by atoms with Crippen LogP contribution in [-0.2, 0) is 4.74 Å². The summed E-state index contributed by atoms with van der Waals surface area (Å²) in [5.74, 6) is 3.61. The van der Waals surface area contributed by atoms with Gasteiger partial charge in [-0.2, -0.15) is 16.7 Å². The Hall–Kier alpha value is -0.590. The second-order valence-electron chi connectivity index (χ2n) is 5.18. The molecular weight excluding hydrogens is 274 g/mol. The molecular formula is C14H25N3O2S. The van der Waals surface area contributed by atoms with Crippen LogP contribution in [0.3, 0.4) is 0 Å². The molecule has 0 aromatic carbocycles. The van der Waals surface area contributed by atoms with Crippen molar-refractivity contribution in [3.8, 4) is 0 Å². The van der Waals surface area contributed by atoms with Crippen LogP contribution in [0.15, 0.2) is 4.52 Å². The maximum Gasteiger partial charge on any atom is 0.231 e. The van der Waals surface area contributed by atoms with Crippen molar-refractivity contribution < 1.29 is 9.26 Å². The van der Waals surface area contributed by atoms with Crippen LogP contribution in [0.2, 0.25) is 0 Å². The topological polar surface area (TPSA) is 60.2 Å². The van der Waals surface area contributed by atoms with Crippen LogP contribution in [0.1, 0.15) is 57.3 Å². The van der Waals surface area contributed by atoms with Crippen molar-refractivity contribution in [2.24, 2.45) is 0 Å². The molecule has 0 spiro atoms. The highest BCUT2D eigenvalue weighted by atomic mass is 32.2. The molecule has 1 fully saturated rings. The predicted octanol–water partition coefficient (Wildman–Crippen LogP) is 2.76. The van der Waals surface area contributed by atoms with E-state index in [4.69, 9.17) is 9.26 Å². The van der Waals surface area contributed by atoms with E-state index in [2.05, 4.69) is 36.2 Å². The molecule has 5 nitrogen and oxygen atoms in total. The third-order valence-corrected chi connectivity index (χ3v) is 4.64. The number of rotatable bonds is 7. The van der Waals surface area contributed by atoms with Gasteiger partial charge in [0.05, 0.1) is 12.5 Å². The quantitative estimate of drug-likeness (QED) is 0.835. The van der Waals surface area contributed by atoms with E-state index in [1.807, 2.05) is 11.8 Å². The fourth-order valence-electron chi connectivity index (χ4n) is 2.38. The van der Waals surface area contributed by atoms with Crippen LogP contribution >= 0.6 is 11.8 Å². The van der Waals surface area contributed by atoms with Gasteiger partial charge in [0, 0.05) is 17.5 Å². The molecule has 0 saturated carbocycles. The lowest BCUT2D eigenvalue weighted by atomic mass is 9.99. The highest BCUT2D eigenvalue weighted by molar-refractivity contribution is 7.99. The zero-order chi connectivity index (χ0) is 14.4. The maximum atomic E-state index is 5.69. The van der Waals surface area contributed by atoms with Crippen molar-refractivity contribution in [2.45, 2.75) is 51.7 Å². The number of aromatic nitrogens is 2. The standard InChI is InChI=1S/C14H25N3O2S/c1-4-6-15-11(5-2)10(3)14-16-13(17-19-14)12-9-20-8-7-18-12/h10-12,15H,4-9H2,1-3H3. The van der Waals surface area contributed by atoms with E-state index in [9.17, 15) is 0 Å². The smallest absolute Gasteiger partial charge is 0.231 e. The minimum atomic E-state index is -0.0119. The Morgan fingerprint density at radius 3 is 2.95 bits per heavy atom. The lowest BCUT2D eigenvalue weighted by molar-refractivity contribution is 0.0677. The molecule has 0 radical (unpaired) electrons. The molecule has 1 N–H and O–H groups in total. The van der Waals surface area contributed by atoms with E-state index < -0.39 is 0 Å². The van der Waals surface area contributed by atoms with E-state index in [0.717, 1.165) is 43.4 Å². The van der Waals surface area contributed by atoms with Gasteiger partial charge in [0.2, 0.25) is 11.7 Å². The maximum absolute atomic E-state index is 5.69. The van der Waals surface area contributed by atoms with E-state index in [1.54, 1.807) is 0 Å². The Morgan fingerprint density at radius 1 is 1.45 bits per heavy atom. The number of hydrogen-bond donors (Lipinski definition) is 1. The Bertz CT molecular complexity index is 394. The van der Waals surface area contributed by atoms with Gasteiger partial charge in [-0.05, 0) is 19.4 Å². The molecule has 1 aliphatic heterocycles. The molecule has 3 unspecified atom stereocenters. The molecule has 0 aliphatic carbocycles. The lowest BCUT2D eigenvalue weighted by Crippen LogP contribution is -2.34. The summed E-state index contributed by atoms with van der Waals surface area (Å²) in [5.41, 5.74) is 0. The molecule has 1 aromatic heterocycles. The van der Waals surface area contributed by atoms with Gasteiger partial charge in [-0.1, -0.05) is 25.9 Å². The van der Waals surface area contributed by atoms with Gasteiger partial charge >= 0.3 is 0 Å². The summed E-state index contributed by atoms with van der Waals surface area (Å²) in [5, 5.41) is 7.65. The average Bonchev–Trinajstić information content (AvgIpc) is 2.98. The van der Waals surface area contributed by atoms with Crippen LogP contribution in [0.4, 0.5) is 0 Å². The zero-order valence-corrected chi connectivity index (χ0v) is 13.4. The first-order valence-electron chi connectivity index (χ1n) is 7.52. The van der Waals surface area contributed by atoms with Gasteiger partial charge in [-0.25, -0.2) is 0 Å². The molecule has 20 heavy (non-hydrogen) atoms. The van der Waals surface area contributed by atoms with E-state index in [-0.39, 0.29) is 12.0 Å². The van der Waals surface area contributed by atoms with Crippen molar-refractivity contribution in [2.75, 3.05) is 24.7 Å². The van der Waals surface area contributed by atoms with Crippen molar-refractivity contribution in [3.05, 3.63) is 11.7 Å². The number of thioether (sulfide) groups is 1. The molecule has 0 bridgehead atoms. The Kier molecular flexibility index (Phi) is 6.32. The number of nitrogens with one attached hydrogen (secondary N) is 1. The fourth-order valence-corrected chi connectivity index (χ4v) is 3.22. The molecule has 3 atom stereocenters. The van der Waals surface area contributed by atoms with E-state index in [1.165, 1.54) is 0 Å². The molecule has 1 aromatic rings. The Labute approximate surface area is 125 Å². The van der Waals surface area contributed by atoms with Crippen LogP contribution in [0, 0.1) is 0 Å². The van der Waals surface area contributed by atoms with Crippen molar-refractivity contribution in [1.29, 1.82) is 0 Å². The van der Waals surface area contributed by atoms with Gasteiger partial charge in [-0.3, -0.25) is 0 Å². The number of ether oxygens (including phenoxy) is 1. The number of nitrogens with zero attached hydrogens (tertiary/aromatic N) is 2. The molecule has 6 heteroatoms. The van der Waals surface area contributed by atoms with E-state index in [0.29, 0.717) is 11.9 Å². The van der Waals surface area contributed by atoms with Crippen molar-refractivity contribution in [1.82, 2.24) is 15.5 Å².